The van der Waals surface area contributed by atoms with Crippen LogP contribution in [0.4, 0.5) is 4.79 Å². The number of hydrogen-bond acceptors (Lipinski definition) is 1. The predicted molar refractivity (Wildman–Crippen MR) is 102 cm³/mol. The van der Waals surface area contributed by atoms with Crippen molar-refractivity contribution in [1.29, 1.82) is 0 Å². The molecule has 0 aromatic carbocycles. The zero-order valence-electron chi connectivity index (χ0n) is 16.2. The lowest BCUT2D eigenvalue weighted by molar-refractivity contribution is -0.0108. The minimum absolute atomic E-state index is 0.0642. The van der Waals surface area contributed by atoms with E-state index < -0.39 is 0 Å². The molecule has 2 amide bonds. The summed E-state index contributed by atoms with van der Waals surface area (Å²) in [6, 6.07) is -0.168. The highest BCUT2D eigenvalue weighted by molar-refractivity contribution is 5.73. The van der Waals surface area contributed by atoms with Gasteiger partial charge in [-0.05, 0) is 43.9 Å². The Labute approximate surface area is 149 Å². The van der Waals surface area contributed by atoms with Crippen molar-refractivity contribution in [3.05, 3.63) is 0 Å². The highest BCUT2D eigenvalue weighted by Crippen LogP contribution is 2.46. The summed E-state index contributed by atoms with van der Waals surface area (Å²) in [6.07, 6.45) is 18.1. The number of carbonyl (C=O) groups excluding carboxylic acids is 1. The summed E-state index contributed by atoms with van der Waals surface area (Å²) in [4.78, 5) is 14.3. The van der Waals surface area contributed by atoms with Gasteiger partial charge in [0.2, 0.25) is 0 Å². The first kappa shape index (κ1) is 19.6. The Kier molecular flexibility index (Phi) is 7.90. The Balaban J connectivity index is 2.05. The van der Waals surface area contributed by atoms with Crippen LogP contribution in [0.1, 0.15) is 104 Å². The van der Waals surface area contributed by atoms with Crippen molar-refractivity contribution < 1.29 is 4.79 Å². The first-order chi connectivity index (χ1) is 11.6. The largest absolute Gasteiger partial charge is 0.351 e. The molecule has 2 fully saturated rings. The quantitative estimate of drug-likeness (QED) is 0.554. The van der Waals surface area contributed by atoms with E-state index in [2.05, 4.69) is 18.7 Å². The van der Waals surface area contributed by atoms with Gasteiger partial charge in [-0.25, -0.2) is 4.79 Å². The Hall–Kier alpha value is -0.730. The first-order valence-corrected chi connectivity index (χ1v) is 10.7. The van der Waals surface area contributed by atoms with Crippen molar-refractivity contribution in [2.45, 2.75) is 109 Å². The maximum atomic E-state index is 12.2. The smallest absolute Gasteiger partial charge is 0.315 e. The number of nitrogens with zero attached hydrogens (tertiary/aromatic N) is 1. The van der Waals surface area contributed by atoms with Gasteiger partial charge < -0.3 is 10.6 Å². The monoisotopic (exact) mass is 336 g/mol. The van der Waals surface area contributed by atoms with Gasteiger partial charge in [-0.15, -0.1) is 0 Å². The normalized spacial score (nSPS) is 28.9. The Morgan fingerprint density at radius 1 is 1.04 bits per heavy atom. The van der Waals surface area contributed by atoms with Gasteiger partial charge in [0.15, 0.2) is 0 Å². The van der Waals surface area contributed by atoms with Crippen LogP contribution in [0, 0.1) is 11.8 Å². The van der Waals surface area contributed by atoms with Crippen molar-refractivity contribution in [1.82, 2.24) is 4.90 Å². The lowest BCUT2D eigenvalue weighted by Gasteiger charge is -2.54. The second-order valence-electron chi connectivity index (χ2n) is 8.54. The topological polar surface area (TPSA) is 46.3 Å². The number of carbonyl (C=O) groups is 1. The number of piperidine rings is 1. The van der Waals surface area contributed by atoms with Crippen LogP contribution in [0.5, 0.6) is 0 Å². The molecule has 2 N–H and O–H groups in total. The fourth-order valence-corrected chi connectivity index (χ4v) is 5.40. The van der Waals surface area contributed by atoms with Crippen molar-refractivity contribution in [2.75, 3.05) is 6.54 Å². The van der Waals surface area contributed by atoms with Crippen LogP contribution in [0.2, 0.25) is 0 Å². The molecule has 0 spiro atoms. The van der Waals surface area contributed by atoms with Gasteiger partial charge in [0.05, 0.1) is 0 Å². The fourth-order valence-electron chi connectivity index (χ4n) is 5.40. The van der Waals surface area contributed by atoms with Crippen molar-refractivity contribution in [2.24, 2.45) is 17.6 Å². The average Bonchev–Trinajstić information content (AvgIpc) is 2.58. The van der Waals surface area contributed by atoms with E-state index in [1.165, 1.54) is 83.5 Å². The number of likely N-dealkylation sites (tertiary alicyclic amines) is 1. The van der Waals surface area contributed by atoms with Crippen molar-refractivity contribution in [3.63, 3.8) is 0 Å². The zero-order valence-corrected chi connectivity index (χ0v) is 16.2. The summed E-state index contributed by atoms with van der Waals surface area (Å²) in [5.41, 5.74) is 5.92. The van der Waals surface area contributed by atoms with Crippen LogP contribution >= 0.6 is 0 Å². The zero-order chi connectivity index (χ0) is 17.4. The molecular weight excluding hydrogens is 296 g/mol. The van der Waals surface area contributed by atoms with Crippen LogP contribution in [-0.2, 0) is 0 Å². The van der Waals surface area contributed by atoms with E-state index in [9.17, 15) is 4.79 Å². The predicted octanol–water partition coefficient (Wildman–Crippen LogP) is 5.87. The Morgan fingerprint density at radius 3 is 2.38 bits per heavy atom. The van der Waals surface area contributed by atoms with Gasteiger partial charge in [0.25, 0.3) is 0 Å². The molecule has 3 heteroatoms. The molecule has 0 radical (unpaired) electrons. The SMILES string of the molecule is CCCCCCCCC1(C2CCCCC2)CC(C)CCN1C(N)=O. The maximum Gasteiger partial charge on any atom is 0.315 e. The van der Waals surface area contributed by atoms with Crippen LogP contribution in [0.25, 0.3) is 0 Å². The second kappa shape index (κ2) is 9.68. The Morgan fingerprint density at radius 2 is 1.71 bits per heavy atom. The highest BCUT2D eigenvalue weighted by atomic mass is 16.2. The molecule has 3 nitrogen and oxygen atoms in total. The maximum absolute atomic E-state index is 12.2. The summed E-state index contributed by atoms with van der Waals surface area (Å²) in [5, 5.41) is 0. The third kappa shape index (κ3) is 4.89. The third-order valence-electron chi connectivity index (χ3n) is 6.68. The van der Waals surface area contributed by atoms with Gasteiger partial charge >= 0.3 is 6.03 Å². The van der Waals surface area contributed by atoms with E-state index >= 15 is 0 Å². The molecular formula is C21H40N2O. The molecule has 24 heavy (non-hydrogen) atoms. The summed E-state index contributed by atoms with van der Waals surface area (Å²) >= 11 is 0. The summed E-state index contributed by atoms with van der Waals surface area (Å²) < 4.78 is 0. The van der Waals surface area contributed by atoms with Gasteiger partial charge in [0, 0.05) is 12.1 Å². The molecule has 0 aromatic rings. The number of unbranched alkanes of at least 4 members (excludes halogenated alkanes) is 5. The van der Waals surface area contributed by atoms with Gasteiger partial charge in [-0.1, -0.05) is 71.6 Å². The molecule has 2 unspecified atom stereocenters. The number of nitrogens with two attached hydrogens (primary N) is 1. The molecule has 0 aromatic heterocycles. The van der Waals surface area contributed by atoms with E-state index in [0.717, 1.165) is 18.9 Å². The summed E-state index contributed by atoms with van der Waals surface area (Å²) in [5.74, 6) is 1.40. The number of hydrogen-bond donors (Lipinski definition) is 1. The average molecular weight is 337 g/mol. The summed E-state index contributed by atoms with van der Waals surface area (Å²) in [6.45, 7) is 5.52. The molecule has 1 saturated heterocycles. The van der Waals surface area contributed by atoms with Crippen LogP contribution in [0.15, 0.2) is 0 Å². The molecule has 2 atom stereocenters. The Bertz CT molecular complexity index is 378. The highest BCUT2D eigenvalue weighted by Gasteiger charge is 2.47. The number of urea groups is 1. The van der Waals surface area contributed by atoms with E-state index in [0.29, 0.717) is 5.92 Å². The van der Waals surface area contributed by atoms with E-state index in [1.807, 2.05) is 0 Å². The van der Waals surface area contributed by atoms with Crippen LogP contribution in [0.3, 0.4) is 0 Å². The minimum Gasteiger partial charge on any atom is -0.351 e. The first-order valence-electron chi connectivity index (χ1n) is 10.7. The number of primary amides is 1. The van der Waals surface area contributed by atoms with E-state index in [1.54, 1.807) is 0 Å². The fraction of sp³-hybridized carbons (Fsp3) is 0.952. The molecule has 2 aliphatic rings. The standard InChI is InChI=1S/C21H40N2O/c1-3-4-5-6-7-11-15-21(19-12-9-8-10-13-19)17-18(2)14-16-23(21)20(22)24/h18-19H,3-17H2,1-2H3,(H2,22,24). The molecule has 1 aliphatic heterocycles. The molecule has 140 valence electrons. The lowest BCUT2D eigenvalue weighted by Crippen LogP contribution is -2.61. The minimum atomic E-state index is -0.168. The van der Waals surface area contributed by atoms with E-state index in [4.69, 9.17) is 5.73 Å². The van der Waals surface area contributed by atoms with Crippen molar-refractivity contribution in [3.8, 4) is 0 Å². The molecule has 2 rings (SSSR count). The molecule has 1 heterocycles. The third-order valence-corrected chi connectivity index (χ3v) is 6.68. The lowest BCUT2D eigenvalue weighted by atomic mass is 9.65. The number of amides is 2. The van der Waals surface area contributed by atoms with Gasteiger partial charge in [-0.2, -0.15) is 0 Å². The van der Waals surface area contributed by atoms with E-state index in [-0.39, 0.29) is 11.6 Å². The molecule has 1 aliphatic carbocycles. The van der Waals surface area contributed by atoms with Crippen LogP contribution in [-0.4, -0.2) is 23.0 Å². The molecule has 0 bridgehead atoms. The molecule has 1 saturated carbocycles. The van der Waals surface area contributed by atoms with Gasteiger partial charge in [-0.3, -0.25) is 0 Å². The second-order valence-corrected chi connectivity index (χ2v) is 8.54. The summed E-state index contributed by atoms with van der Waals surface area (Å²) in [7, 11) is 0. The van der Waals surface area contributed by atoms with Crippen molar-refractivity contribution >= 4 is 6.03 Å². The number of rotatable bonds is 8. The van der Waals surface area contributed by atoms with Gasteiger partial charge in [0.1, 0.15) is 0 Å². The van der Waals surface area contributed by atoms with Crippen LogP contribution < -0.4 is 5.73 Å².